The van der Waals surface area contributed by atoms with Crippen molar-refractivity contribution in [1.29, 1.82) is 0 Å². The number of aliphatic hydroxyl groups excluding tert-OH is 1. The lowest BCUT2D eigenvalue weighted by Gasteiger charge is -2.33. The van der Waals surface area contributed by atoms with Gasteiger partial charge in [0.2, 0.25) is 0 Å². The Morgan fingerprint density at radius 3 is 3.08 bits per heavy atom. The molecule has 2 aliphatic carbocycles. The molecule has 74 valence electrons. The summed E-state index contributed by atoms with van der Waals surface area (Å²) < 4.78 is 5.83. The normalized spacial score (nSPS) is 58.6. The maximum atomic E-state index is 9.39. The highest BCUT2D eigenvalue weighted by Crippen LogP contribution is 2.61. The van der Waals surface area contributed by atoms with Crippen LogP contribution in [0.5, 0.6) is 0 Å². The van der Waals surface area contributed by atoms with Crippen LogP contribution in [0.4, 0.5) is 0 Å². The van der Waals surface area contributed by atoms with Crippen LogP contribution in [0, 0.1) is 23.2 Å². The molecule has 0 aromatic rings. The molecule has 1 heterocycles. The summed E-state index contributed by atoms with van der Waals surface area (Å²) in [6.45, 7) is 3.65. The van der Waals surface area contributed by atoms with Crippen molar-refractivity contribution >= 4 is 0 Å². The molecule has 13 heavy (non-hydrogen) atoms. The molecule has 0 radical (unpaired) electrons. The molecule has 0 unspecified atom stereocenters. The minimum atomic E-state index is 0.376. The van der Waals surface area contributed by atoms with E-state index >= 15 is 0 Å². The van der Waals surface area contributed by atoms with Crippen LogP contribution in [0.2, 0.25) is 0 Å². The van der Waals surface area contributed by atoms with Crippen molar-refractivity contribution in [3.8, 4) is 0 Å². The maximum Gasteiger partial charge on any atom is 0.0632 e. The number of hydrogen-bond donors (Lipinski definition) is 1. The topological polar surface area (TPSA) is 29.5 Å². The number of ether oxygens (including phenoxy) is 1. The molecule has 2 nitrogen and oxygen atoms in total. The predicted molar refractivity (Wildman–Crippen MR) is 49.3 cm³/mol. The van der Waals surface area contributed by atoms with Gasteiger partial charge in [0.15, 0.2) is 0 Å². The van der Waals surface area contributed by atoms with Gasteiger partial charge in [0.05, 0.1) is 12.7 Å². The highest BCUT2D eigenvalue weighted by molar-refractivity contribution is 5.08. The summed E-state index contributed by atoms with van der Waals surface area (Å²) in [6.07, 6.45) is 4.31. The SMILES string of the molecule is C[C@@]12C[C@H]3CC[C@@H]1OC[C@@H]2[C@H]3CO. The van der Waals surface area contributed by atoms with E-state index in [2.05, 4.69) is 6.92 Å². The van der Waals surface area contributed by atoms with Crippen molar-refractivity contribution < 1.29 is 9.84 Å². The quantitative estimate of drug-likeness (QED) is 0.664. The summed E-state index contributed by atoms with van der Waals surface area (Å²) in [5.74, 6) is 1.98. The Morgan fingerprint density at radius 1 is 1.46 bits per heavy atom. The third kappa shape index (κ3) is 0.861. The van der Waals surface area contributed by atoms with Gasteiger partial charge in [-0.15, -0.1) is 0 Å². The molecule has 0 aromatic carbocycles. The van der Waals surface area contributed by atoms with Crippen LogP contribution in [-0.4, -0.2) is 24.4 Å². The maximum absolute atomic E-state index is 9.39. The largest absolute Gasteiger partial charge is 0.396 e. The second kappa shape index (κ2) is 2.48. The Hall–Kier alpha value is -0.0800. The fourth-order valence-electron chi connectivity index (χ4n) is 4.15. The molecule has 1 N–H and O–H groups in total. The minimum Gasteiger partial charge on any atom is -0.396 e. The van der Waals surface area contributed by atoms with E-state index in [1.807, 2.05) is 0 Å². The lowest BCUT2D eigenvalue weighted by atomic mass is 9.73. The zero-order chi connectivity index (χ0) is 9.05. The fraction of sp³-hybridized carbons (Fsp3) is 1.00. The highest BCUT2D eigenvalue weighted by atomic mass is 16.5. The third-order valence-electron chi connectivity index (χ3n) is 4.89. The average molecular weight is 182 g/mol. The molecule has 1 saturated heterocycles. The first-order valence-corrected chi connectivity index (χ1v) is 5.48. The van der Waals surface area contributed by atoms with Crippen LogP contribution in [-0.2, 0) is 4.74 Å². The summed E-state index contributed by atoms with van der Waals surface area (Å²) in [7, 11) is 0. The van der Waals surface area contributed by atoms with E-state index in [0.29, 0.717) is 30.0 Å². The summed E-state index contributed by atoms with van der Waals surface area (Å²) in [5.41, 5.74) is 0.413. The Labute approximate surface area is 79.3 Å². The van der Waals surface area contributed by atoms with Crippen LogP contribution >= 0.6 is 0 Å². The molecule has 5 atom stereocenters. The van der Waals surface area contributed by atoms with Gasteiger partial charge in [-0.05, 0) is 42.4 Å². The average Bonchev–Trinajstić information content (AvgIpc) is 2.50. The summed E-state index contributed by atoms with van der Waals surface area (Å²) in [5, 5.41) is 9.39. The Kier molecular flexibility index (Phi) is 1.58. The minimum absolute atomic E-state index is 0.376. The monoisotopic (exact) mass is 182 g/mol. The summed E-state index contributed by atoms with van der Waals surface area (Å²) in [4.78, 5) is 0. The molecular weight excluding hydrogens is 164 g/mol. The van der Waals surface area contributed by atoms with E-state index in [1.165, 1.54) is 19.3 Å². The zero-order valence-electron chi connectivity index (χ0n) is 8.20. The lowest BCUT2D eigenvalue weighted by molar-refractivity contribution is 0.00962. The van der Waals surface area contributed by atoms with Gasteiger partial charge < -0.3 is 9.84 Å². The van der Waals surface area contributed by atoms with Gasteiger partial charge in [0.1, 0.15) is 0 Å². The first-order valence-electron chi connectivity index (χ1n) is 5.48. The predicted octanol–water partition coefficient (Wildman–Crippen LogP) is 1.43. The molecular formula is C11H18O2. The van der Waals surface area contributed by atoms with Crippen molar-refractivity contribution in [2.45, 2.75) is 32.3 Å². The van der Waals surface area contributed by atoms with Gasteiger partial charge in [-0.25, -0.2) is 0 Å². The van der Waals surface area contributed by atoms with Gasteiger partial charge in [-0.3, -0.25) is 0 Å². The van der Waals surface area contributed by atoms with Gasteiger partial charge >= 0.3 is 0 Å². The molecule has 2 heteroatoms. The Bertz CT molecular complexity index is 228. The van der Waals surface area contributed by atoms with Crippen molar-refractivity contribution in [1.82, 2.24) is 0 Å². The Morgan fingerprint density at radius 2 is 2.31 bits per heavy atom. The lowest BCUT2D eigenvalue weighted by Crippen LogP contribution is -2.32. The second-order valence-corrected chi connectivity index (χ2v) is 5.32. The number of fused-ring (bicyclic) bond motifs is 1. The summed E-state index contributed by atoms with van der Waals surface area (Å²) in [6, 6.07) is 0. The van der Waals surface area contributed by atoms with Crippen molar-refractivity contribution in [2.75, 3.05) is 13.2 Å². The van der Waals surface area contributed by atoms with Crippen LogP contribution < -0.4 is 0 Å². The molecule has 3 aliphatic rings. The van der Waals surface area contributed by atoms with E-state index in [4.69, 9.17) is 4.74 Å². The van der Waals surface area contributed by atoms with Crippen molar-refractivity contribution in [3.63, 3.8) is 0 Å². The second-order valence-electron chi connectivity index (χ2n) is 5.32. The van der Waals surface area contributed by atoms with E-state index in [9.17, 15) is 5.11 Å². The summed E-state index contributed by atoms with van der Waals surface area (Å²) >= 11 is 0. The molecule has 0 spiro atoms. The first-order chi connectivity index (χ1) is 6.25. The highest BCUT2D eigenvalue weighted by Gasteiger charge is 2.60. The van der Waals surface area contributed by atoms with E-state index < -0.39 is 0 Å². The number of aliphatic hydroxyl groups is 1. The molecule has 0 aromatic heterocycles. The van der Waals surface area contributed by atoms with Crippen LogP contribution in [0.3, 0.4) is 0 Å². The van der Waals surface area contributed by atoms with Crippen molar-refractivity contribution in [3.05, 3.63) is 0 Å². The van der Waals surface area contributed by atoms with Gasteiger partial charge in [-0.2, -0.15) is 0 Å². The standard InChI is InChI=1S/C11H18O2/c1-11-4-7-2-3-10(11)13-6-9(11)8(7)5-12/h7-10,12H,2-6H2,1H3/t7-,8+,9-,10+,11+/m1/s1. The fourth-order valence-corrected chi connectivity index (χ4v) is 4.15. The molecule has 2 bridgehead atoms. The number of hydrogen-bond acceptors (Lipinski definition) is 2. The van der Waals surface area contributed by atoms with E-state index in [1.54, 1.807) is 0 Å². The zero-order valence-corrected chi connectivity index (χ0v) is 8.20. The van der Waals surface area contributed by atoms with Gasteiger partial charge in [0, 0.05) is 6.61 Å². The molecule has 3 fully saturated rings. The molecule has 3 rings (SSSR count). The van der Waals surface area contributed by atoms with Gasteiger partial charge in [0.25, 0.3) is 0 Å². The van der Waals surface area contributed by atoms with E-state index in [0.717, 1.165) is 12.5 Å². The van der Waals surface area contributed by atoms with Crippen molar-refractivity contribution in [2.24, 2.45) is 23.2 Å². The number of rotatable bonds is 1. The smallest absolute Gasteiger partial charge is 0.0632 e. The van der Waals surface area contributed by atoms with Crippen LogP contribution in [0.15, 0.2) is 0 Å². The Balaban J connectivity index is 1.98. The van der Waals surface area contributed by atoms with Crippen LogP contribution in [0.25, 0.3) is 0 Å². The third-order valence-corrected chi connectivity index (χ3v) is 4.89. The first kappa shape index (κ1) is 8.25. The van der Waals surface area contributed by atoms with E-state index in [-0.39, 0.29) is 0 Å². The van der Waals surface area contributed by atoms with Crippen LogP contribution in [0.1, 0.15) is 26.2 Å². The van der Waals surface area contributed by atoms with Gasteiger partial charge in [-0.1, -0.05) is 6.92 Å². The molecule has 1 aliphatic heterocycles. The molecule has 0 amide bonds. The molecule has 2 saturated carbocycles.